The maximum absolute atomic E-state index is 12.6. The van der Waals surface area contributed by atoms with Crippen molar-refractivity contribution >= 4 is 5.91 Å². The molecular weight excluding hydrogens is 530 g/mol. The molecule has 2 N–H and O–H groups in total. The van der Waals surface area contributed by atoms with Crippen LogP contribution in [0.4, 0.5) is 0 Å². The molecule has 7 nitrogen and oxygen atoms in total. The summed E-state index contributed by atoms with van der Waals surface area (Å²) in [5.74, 6) is -0.207. The van der Waals surface area contributed by atoms with E-state index < -0.39 is 36.1 Å². The van der Waals surface area contributed by atoms with Crippen LogP contribution >= 0.6 is 0 Å². The van der Waals surface area contributed by atoms with Crippen LogP contribution in [0.5, 0.6) is 0 Å². The molecule has 1 heterocycles. The van der Waals surface area contributed by atoms with Crippen molar-refractivity contribution in [1.82, 2.24) is 5.32 Å². The van der Waals surface area contributed by atoms with Gasteiger partial charge in [-0.05, 0) is 29.5 Å². The highest BCUT2D eigenvalue weighted by atomic mass is 16.6. The van der Waals surface area contributed by atoms with Crippen LogP contribution in [0.15, 0.2) is 91.0 Å². The van der Waals surface area contributed by atoms with E-state index in [-0.39, 0.29) is 12.5 Å². The van der Waals surface area contributed by atoms with Crippen molar-refractivity contribution in [2.75, 3.05) is 6.61 Å². The standard InChI is InChI=1S/C35H43NO6/c1-26(37)36-31-33(41-24-29-18-10-4-11-19-29)32(40-23-28-16-8-3-9-17-28)30(25-39-22-27-14-6-2-7-15-27)42-34(31)35(38)20-12-5-13-21-35/h2-4,6-11,14-19,30-34,38H,5,12-13,20-25H2,1H3,(H,36,37)/t30-,31-,32-,33-,34+/m1/s1. The number of nitrogens with one attached hydrogen (secondary N) is 1. The Morgan fingerprint density at radius 3 is 1.81 bits per heavy atom. The number of ether oxygens (including phenoxy) is 4. The SMILES string of the molecule is CC(=O)N[C@@H]1[C@@H](OCc2ccccc2)[C@H](OCc2ccccc2)[C@@H](COCc2ccccc2)O[C@@H]1C1(O)CCCCC1. The average molecular weight is 574 g/mol. The molecule has 1 aliphatic heterocycles. The van der Waals surface area contributed by atoms with Gasteiger partial charge in [0.1, 0.15) is 24.4 Å². The Labute approximate surface area is 249 Å². The van der Waals surface area contributed by atoms with Gasteiger partial charge in [-0.25, -0.2) is 0 Å². The quantitative estimate of drug-likeness (QED) is 0.304. The second-order valence-corrected chi connectivity index (χ2v) is 11.5. The first-order chi connectivity index (χ1) is 20.5. The van der Waals surface area contributed by atoms with Gasteiger partial charge in [-0.3, -0.25) is 4.79 Å². The molecule has 1 saturated carbocycles. The molecule has 3 aromatic rings. The minimum atomic E-state index is -1.10. The molecule has 5 rings (SSSR count). The lowest BCUT2D eigenvalue weighted by atomic mass is 9.75. The molecule has 1 saturated heterocycles. The maximum atomic E-state index is 12.6. The molecule has 0 aromatic heterocycles. The van der Waals surface area contributed by atoms with Crippen LogP contribution in [0.2, 0.25) is 0 Å². The summed E-state index contributed by atoms with van der Waals surface area (Å²) < 4.78 is 26.2. The number of amides is 1. The minimum Gasteiger partial charge on any atom is -0.387 e. The number of carbonyl (C=O) groups is 1. The largest absolute Gasteiger partial charge is 0.387 e. The van der Waals surface area contributed by atoms with E-state index >= 15 is 0 Å². The molecule has 42 heavy (non-hydrogen) atoms. The number of benzene rings is 3. The molecule has 5 atom stereocenters. The Hall–Kier alpha value is -3.07. The third-order valence-corrected chi connectivity index (χ3v) is 8.27. The normalized spacial score (nSPS) is 25.5. The van der Waals surface area contributed by atoms with Crippen LogP contribution in [0.3, 0.4) is 0 Å². The summed E-state index contributed by atoms with van der Waals surface area (Å²) in [6.07, 6.45) is 1.73. The fourth-order valence-electron chi connectivity index (χ4n) is 6.18. The number of hydrogen-bond acceptors (Lipinski definition) is 6. The lowest BCUT2D eigenvalue weighted by Crippen LogP contribution is -2.70. The molecule has 0 bridgehead atoms. The summed E-state index contributed by atoms with van der Waals surface area (Å²) in [7, 11) is 0. The van der Waals surface area contributed by atoms with E-state index in [1.165, 1.54) is 6.92 Å². The van der Waals surface area contributed by atoms with Crippen molar-refractivity contribution in [2.24, 2.45) is 0 Å². The molecule has 2 fully saturated rings. The Balaban J connectivity index is 1.46. The van der Waals surface area contributed by atoms with E-state index in [2.05, 4.69) is 5.32 Å². The smallest absolute Gasteiger partial charge is 0.217 e. The highest BCUT2D eigenvalue weighted by Crippen LogP contribution is 2.40. The van der Waals surface area contributed by atoms with Gasteiger partial charge in [-0.2, -0.15) is 0 Å². The molecular formula is C35H43NO6. The molecule has 7 heteroatoms. The average Bonchev–Trinajstić information content (AvgIpc) is 3.01. The van der Waals surface area contributed by atoms with E-state index in [4.69, 9.17) is 18.9 Å². The van der Waals surface area contributed by atoms with E-state index in [0.717, 1.165) is 36.0 Å². The summed E-state index contributed by atoms with van der Waals surface area (Å²) in [5.41, 5.74) is 2.00. The summed E-state index contributed by atoms with van der Waals surface area (Å²) in [5, 5.41) is 15.1. The Morgan fingerprint density at radius 1 is 0.786 bits per heavy atom. The Bertz CT molecular complexity index is 1220. The molecule has 0 radical (unpaired) electrons. The van der Waals surface area contributed by atoms with Crippen molar-refractivity contribution in [2.45, 2.75) is 94.9 Å². The summed E-state index contributed by atoms with van der Waals surface area (Å²) in [4.78, 5) is 12.6. The topological polar surface area (TPSA) is 86.3 Å². The highest BCUT2D eigenvalue weighted by molar-refractivity contribution is 5.73. The predicted octanol–water partition coefficient (Wildman–Crippen LogP) is 5.34. The van der Waals surface area contributed by atoms with Crippen LogP contribution in [-0.2, 0) is 43.6 Å². The number of aliphatic hydroxyl groups is 1. The van der Waals surface area contributed by atoms with Gasteiger partial charge in [0.25, 0.3) is 0 Å². The second-order valence-electron chi connectivity index (χ2n) is 11.5. The van der Waals surface area contributed by atoms with E-state index in [0.29, 0.717) is 32.7 Å². The van der Waals surface area contributed by atoms with Gasteiger partial charge in [0.05, 0.1) is 38.1 Å². The fourth-order valence-corrected chi connectivity index (χ4v) is 6.18. The zero-order valence-corrected chi connectivity index (χ0v) is 24.4. The first-order valence-electron chi connectivity index (χ1n) is 15.1. The monoisotopic (exact) mass is 573 g/mol. The first kappa shape index (κ1) is 30.4. The van der Waals surface area contributed by atoms with E-state index in [1.807, 2.05) is 91.0 Å². The minimum absolute atomic E-state index is 0.207. The highest BCUT2D eigenvalue weighted by Gasteiger charge is 2.55. The lowest BCUT2D eigenvalue weighted by Gasteiger charge is -2.52. The summed E-state index contributed by atoms with van der Waals surface area (Å²) >= 11 is 0. The van der Waals surface area contributed by atoms with Crippen LogP contribution in [0.25, 0.3) is 0 Å². The molecule has 0 spiro atoms. The first-order valence-corrected chi connectivity index (χ1v) is 15.1. The van der Waals surface area contributed by atoms with Gasteiger partial charge in [-0.15, -0.1) is 0 Å². The molecule has 3 aromatic carbocycles. The molecule has 2 aliphatic rings. The predicted molar refractivity (Wildman–Crippen MR) is 160 cm³/mol. The van der Waals surface area contributed by atoms with Crippen molar-refractivity contribution in [3.05, 3.63) is 108 Å². The van der Waals surface area contributed by atoms with Crippen LogP contribution in [0.1, 0.15) is 55.7 Å². The third kappa shape index (κ3) is 8.06. The van der Waals surface area contributed by atoms with E-state index in [1.54, 1.807) is 0 Å². The molecule has 1 amide bonds. The zero-order chi connectivity index (χ0) is 29.2. The van der Waals surface area contributed by atoms with Gasteiger partial charge in [0.2, 0.25) is 5.91 Å². The zero-order valence-electron chi connectivity index (χ0n) is 24.4. The molecule has 224 valence electrons. The van der Waals surface area contributed by atoms with Crippen molar-refractivity contribution < 1.29 is 28.8 Å². The Morgan fingerprint density at radius 2 is 1.29 bits per heavy atom. The molecule has 0 unspecified atom stereocenters. The maximum Gasteiger partial charge on any atom is 0.217 e. The van der Waals surface area contributed by atoms with Crippen LogP contribution < -0.4 is 5.32 Å². The summed E-state index contributed by atoms with van der Waals surface area (Å²) in [6, 6.07) is 29.3. The summed E-state index contributed by atoms with van der Waals surface area (Å²) in [6.45, 7) is 2.84. The van der Waals surface area contributed by atoms with Crippen LogP contribution in [-0.4, -0.2) is 53.7 Å². The van der Waals surface area contributed by atoms with Crippen molar-refractivity contribution in [3.8, 4) is 0 Å². The molecule has 1 aliphatic carbocycles. The van der Waals surface area contributed by atoms with E-state index in [9.17, 15) is 9.90 Å². The number of hydrogen-bond donors (Lipinski definition) is 2. The number of carbonyl (C=O) groups excluding carboxylic acids is 1. The third-order valence-electron chi connectivity index (χ3n) is 8.27. The van der Waals surface area contributed by atoms with Gasteiger partial charge < -0.3 is 29.4 Å². The van der Waals surface area contributed by atoms with Gasteiger partial charge >= 0.3 is 0 Å². The van der Waals surface area contributed by atoms with Crippen LogP contribution in [0, 0.1) is 0 Å². The Kier molecular flexibility index (Phi) is 10.8. The number of rotatable bonds is 12. The lowest BCUT2D eigenvalue weighted by molar-refractivity contribution is -0.268. The second kappa shape index (κ2) is 14.9. The van der Waals surface area contributed by atoms with Crippen molar-refractivity contribution in [1.29, 1.82) is 0 Å². The van der Waals surface area contributed by atoms with Gasteiger partial charge in [-0.1, -0.05) is 110 Å². The van der Waals surface area contributed by atoms with Gasteiger partial charge in [0.15, 0.2) is 0 Å². The van der Waals surface area contributed by atoms with Gasteiger partial charge in [0, 0.05) is 6.92 Å². The van der Waals surface area contributed by atoms with Crippen molar-refractivity contribution in [3.63, 3.8) is 0 Å². The fraction of sp³-hybridized carbons (Fsp3) is 0.457.